The molecule has 3 saturated carbocycles. The van der Waals surface area contributed by atoms with Crippen molar-refractivity contribution in [3.8, 4) is 0 Å². The van der Waals surface area contributed by atoms with Crippen LogP contribution in [0.15, 0.2) is 39.3 Å². The Morgan fingerprint density at radius 3 is 2.07 bits per heavy atom. The van der Waals surface area contributed by atoms with Crippen molar-refractivity contribution in [2.45, 2.75) is 182 Å². The second-order valence-electron chi connectivity index (χ2n) is 18.7. The summed E-state index contributed by atoms with van der Waals surface area (Å²) in [5.74, 6) is 0.351. The highest BCUT2D eigenvalue weighted by atomic mass is 16.8. The molecular weight excluding hydrogens is 792 g/mol. The Morgan fingerprint density at radius 1 is 0.683 bits per heavy atom. The maximum atomic E-state index is 12.6. The van der Waals surface area contributed by atoms with Crippen molar-refractivity contribution in [1.82, 2.24) is 0 Å². The predicted octanol–water partition coefficient (Wildman–Crippen LogP) is -1.34. The fraction of sp³-hybridized carbons (Fsp3) is 0.833. The van der Waals surface area contributed by atoms with Crippen LogP contribution in [0.25, 0.3) is 0 Å². The third-order valence-corrected chi connectivity index (χ3v) is 15.7. The minimum atomic E-state index is -1.84. The van der Waals surface area contributed by atoms with Gasteiger partial charge in [0.15, 0.2) is 18.9 Å². The molecule has 18 nitrogen and oxygen atoms in total. The maximum Gasteiger partial charge on any atom is 0.335 e. The highest BCUT2D eigenvalue weighted by Gasteiger charge is 2.67. The van der Waals surface area contributed by atoms with Crippen molar-refractivity contribution in [2.24, 2.45) is 22.7 Å². The molecule has 8 rings (SSSR count). The number of aliphatic hydroxyl groups is 10. The highest BCUT2D eigenvalue weighted by Crippen LogP contribution is 2.70. The molecule has 3 aliphatic heterocycles. The summed E-state index contributed by atoms with van der Waals surface area (Å²) < 4.78 is 40.7. The summed E-state index contributed by atoms with van der Waals surface area (Å²) in [7, 11) is 0. The van der Waals surface area contributed by atoms with Crippen LogP contribution in [-0.2, 0) is 28.4 Å². The lowest BCUT2D eigenvalue weighted by atomic mass is 9.45. The van der Waals surface area contributed by atoms with Crippen LogP contribution in [0.2, 0.25) is 0 Å². The second-order valence-corrected chi connectivity index (χ2v) is 18.7. The lowest BCUT2D eigenvalue weighted by Crippen LogP contribution is -2.67. The maximum absolute atomic E-state index is 12.6. The van der Waals surface area contributed by atoms with E-state index in [1.54, 1.807) is 6.26 Å². The first-order valence-electron chi connectivity index (χ1n) is 21.4. The lowest BCUT2D eigenvalue weighted by Gasteiger charge is -2.62. The SMILES string of the molecule is CC1OC(OC2C(OC3C(O)C(CO)OC(O[C@@H]4C=C5CC[C@@H]6C(CC[C@]7(C)[C@@H](c8ccc(=O)oc8)CC[C@]67O)[C@@]5(C)CC4)C3O)OC(CO)C(O)C2O)C(O)C(O)C1O. The van der Waals surface area contributed by atoms with Gasteiger partial charge in [0.25, 0.3) is 0 Å². The summed E-state index contributed by atoms with van der Waals surface area (Å²) >= 11 is 0. The molecule has 7 aliphatic rings. The number of rotatable bonds is 9. The van der Waals surface area contributed by atoms with E-state index in [0.717, 1.165) is 44.1 Å². The third kappa shape index (κ3) is 7.35. The average molecular weight is 855 g/mol. The van der Waals surface area contributed by atoms with Crippen LogP contribution in [0.3, 0.4) is 0 Å². The van der Waals surface area contributed by atoms with Crippen LogP contribution in [0.4, 0.5) is 0 Å². The molecule has 0 radical (unpaired) electrons. The monoisotopic (exact) mass is 854 g/mol. The van der Waals surface area contributed by atoms with Crippen LogP contribution >= 0.6 is 0 Å². The minimum Gasteiger partial charge on any atom is -0.431 e. The summed E-state index contributed by atoms with van der Waals surface area (Å²) in [6.45, 7) is 4.39. The molecule has 22 atom stereocenters. The van der Waals surface area contributed by atoms with E-state index in [0.29, 0.717) is 12.8 Å². The van der Waals surface area contributed by atoms with Crippen molar-refractivity contribution in [3.05, 3.63) is 46.0 Å². The smallest absolute Gasteiger partial charge is 0.335 e. The fourth-order valence-corrected chi connectivity index (χ4v) is 12.1. The fourth-order valence-electron chi connectivity index (χ4n) is 12.1. The van der Waals surface area contributed by atoms with Crippen molar-refractivity contribution in [1.29, 1.82) is 0 Å². The molecule has 18 heteroatoms. The molecule has 0 aromatic carbocycles. The van der Waals surface area contributed by atoms with Gasteiger partial charge >= 0.3 is 5.63 Å². The Labute approximate surface area is 347 Å². The van der Waals surface area contributed by atoms with Gasteiger partial charge in [0.2, 0.25) is 0 Å². The van der Waals surface area contributed by atoms with Gasteiger partial charge in [-0.25, -0.2) is 4.79 Å². The van der Waals surface area contributed by atoms with Gasteiger partial charge in [-0.15, -0.1) is 0 Å². The van der Waals surface area contributed by atoms with Gasteiger partial charge in [-0.2, -0.15) is 0 Å². The van der Waals surface area contributed by atoms with E-state index in [4.69, 9.17) is 32.8 Å². The molecule has 0 spiro atoms. The van der Waals surface area contributed by atoms with E-state index in [9.17, 15) is 55.9 Å². The molecule has 0 amide bonds. The molecule has 338 valence electrons. The molecule has 1 aromatic heterocycles. The van der Waals surface area contributed by atoms with E-state index in [2.05, 4.69) is 19.9 Å². The van der Waals surface area contributed by atoms with Gasteiger partial charge in [-0.05, 0) is 93.1 Å². The molecule has 0 bridgehead atoms. The first-order chi connectivity index (χ1) is 28.4. The predicted molar refractivity (Wildman–Crippen MR) is 203 cm³/mol. The van der Waals surface area contributed by atoms with Gasteiger partial charge in [0.05, 0.1) is 37.3 Å². The Bertz CT molecular complexity index is 1740. The number of fused-ring (bicyclic) bond motifs is 5. The van der Waals surface area contributed by atoms with Crippen molar-refractivity contribution in [3.63, 3.8) is 0 Å². The topological polar surface area (TPSA) is 288 Å². The number of hydrogen-bond acceptors (Lipinski definition) is 18. The first-order valence-corrected chi connectivity index (χ1v) is 21.4. The molecule has 4 aliphatic carbocycles. The molecule has 3 saturated heterocycles. The van der Waals surface area contributed by atoms with E-state index in [-0.39, 0.29) is 28.6 Å². The highest BCUT2D eigenvalue weighted by molar-refractivity contribution is 5.31. The quantitative estimate of drug-likeness (QED) is 0.129. The zero-order valence-electron chi connectivity index (χ0n) is 34.1. The number of allylic oxidation sites excluding steroid dienone is 1. The van der Waals surface area contributed by atoms with Crippen LogP contribution < -0.4 is 5.63 Å². The molecule has 60 heavy (non-hydrogen) atoms. The largest absolute Gasteiger partial charge is 0.431 e. The summed E-state index contributed by atoms with van der Waals surface area (Å²) in [4.78, 5) is 11.7. The normalized spacial score (nSPS) is 51.9. The lowest BCUT2D eigenvalue weighted by molar-refractivity contribution is -0.388. The van der Waals surface area contributed by atoms with Crippen LogP contribution in [0, 0.1) is 22.7 Å². The zero-order chi connectivity index (χ0) is 43.1. The molecule has 6 fully saturated rings. The van der Waals surface area contributed by atoms with Gasteiger partial charge in [0, 0.05) is 11.5 Å². The Morgan fingerprint density at radius 2 is 1.37 bits per heavy atom. The standard InChI is InChI=1S/C42H62O18/c1-18-28(46)31(49)33(51)37(55-18)60-36-32(50)29(47)25(15-43)58-39(36)59-35-30(48)26(16-44)57-38(34(35)52)56-21-8-11-40(2)20(14-21)5-6-24-23(40)9-12-41(3)22(10-13-42(24,41)53)19-4-7-27(45)54-17-19/h4,7,14,17-18,21-26,28-39,43-44,46-53H,5-6,8-13,15-16H2,1-3H3/t18?,21-,22+,23?,24+,25?,26?,28?,29?,30?,31?,32?,33?,34?,35?,36?,37?,38?,39?,40-,41+,42-/m0/s1. The van der Waals surface area contributed by atoms with Crippen LogP contribution in [0.5, 0.6) is 0 Å². The van der Waals surface area contributed by atoms with Crippen LogP contribution in [0.1, 0.15) is 83.6 Å². The minimum absolute atomic E-state index is 0.0673. The van der Waals surface area contributed by atoms with Crippen molar-refractivity contribution < 1.29 is 83.9 Å². The zero-order valence-corrected chi connectivity index (χ0v) is 34.1. The van der Waals surface area contributed by atoms with E-state index < -0.39 is 123 Å². The van der Waals surface area contributed by atoms with E-state index in [1.165, 1.54) is 18.6 Å². The van der Waals surface area contributed by atoms with E-state index in [1.807, 2.05) is 6.07 Å². The number of hydrogen-bond donors (Lipinski definition) is 10. The molecule has 16 unspecified atom stereocenters. The second kappa shape index (κ2) is 16.9. The van der Waals surface area contributed by atoms with Gasteiger partial charge in [-0.3, -0.25) is 0 Å². The van der Waals surface area contributed by atoms with Gasteiger partial charge < -0.3 is 83.9 Å². The Hall–Kier alpha value is -1.95. The molecular formula is C42H62O18. The molecule has 10 N–H and O–H groups in total. The summed E-state index contributed by atoms with van der Waals surface area (Å²) in [5, 5.41) is 109. The average Bonchev–Trinajstić information content (AvgIpc) is 3.51. The third-order valence-electron chi connectivity index (χ3n) is 15.7. The van der Waals surface area contributed by atoms with Crippen LogP contribution in [-0.4, -0.2) is 168 Å². The number of ether oxygens (including phenoxy) is 6. The first kappa shape index (κ1) is 44.6. The summed E-state index contributed by atoms with van der Waals surface area (Å²) in [6, 6.07) is 3.27. The van der Waals surface area contributed by atoms with Gasteiger partial charge in [0.1, 0.15) is 67.1 Å². The van der Waals surface area contributed by atoms with E-state index >= 15 is 0 Å². The molecule has 1 aromatic rings. The Balaban J connectivity index is 0.977. The molecule has 4 heterocycles. The number of aliphatic hydroxyl groups excluding tert-OH is 9. The van der Waals surface area contributed by atoms with Crippen molar-refractivity contribution in [2.75, 3.05) is 13.2 Å². The van der Waals surface area contributed by atoms with Gasteiger partial charge in [-0.1, -0.05) is 25.5 Å². The summed E-state index contributed by atoms with van der Waals surface area (Å²) in [6.07, 6.45) is -14.8. The Kier molecular flexibility index (Phi) is 12.6. The summed E-state index contributed by atoms with van der Waals surface area (Å²) in [5.41, 5.74) is 0.246. The van der Waals surface area contributed by atoms with Crippen molar-refractivity contribution >= 4 is 0 Å².